The molecule has 4 rings (SSSR count). The van der Waals surface area contributed by atoms with Gasteiger partial charge in [0.1, 0.15) is 60.7 Å². The van der Waals surface area contributed by atoms with Crippen LogP contribution >= 0.6 is 0 Å². The molecule has 78 heavy (non-hydrogen) atoms. The Morgan fingerprint density at radius 1 is 0.564 bits per heavy atom. The molecule has 0 saturated carbocycles. The maximum absolute atomic E-state index is 12.7. The van der Waals surface area contributed by atoms with E-state index in [1.165, 1.54) is 11.6 Å². The number of aliphatic hydroxyl groups excluding tert-OH is 5. The number of nitrogens with one attached hydrogen (secondary N) is 1. The number of rotatable bonds is 33. The van der Waals surface area contributed by atoms with Gasteiger partial charge in [-0.1, -0.05) is 65.7 Å². The second-order valence-electron chi connectivity index (χ2n) is 18.8. The number of carboxylic acid groups (broad SMARTS) is 2. The minimum absolute atomic E-state index is 0.127. The molecule has 0 spiro atoms. The monoisotopic (exact) mass is 1220 g/mol. The molecule has 0 radical (unpaired) electrons. The van der Waals surface area contributed by atoms with Crippen LogP contribution in [0.3, 0.4) is 0 Å². The molecule has 4 aliphatic rings. The number of Topliss-reactive ketones (excluding diaryl/α,β-unsaturated/α-hetero) is 1. The zero-order valence-electron chi connectivity index (χ0n) is 42.3. The number of ketones is 1. The van der Waals surface area contributed by atoms with Crippen LogP contribution in [0, 0.1) is 5.92 Å². The van der Waals surface area contributed by atoms with Crippen molar-refractivity contribution >= 4 is 60.2 Å². The van der Waals surface area contributed by atoms with E-state index in [1.54, 1.807) is 0 Å². The molecule has 0 aliphatic carbocycles. The summed E-state index contributed by atoms with van der Waals surface area (Å²) in [5.41, 5.74) is 0. The first-order chi connectivity index (χ1) is 36.4. The molecule has 4 heterocycles. The van der Waals surface area contributed by atoms with Crippen LogP contribution < -0.4 is 4.72 Å². The van der Waals surface area contributed by atoms with E-state index >= 15 is 0 Å². The fraction of sp³-hybridized carbons (Fsp3) is 0.927. The third kappa shape index (κ3) is 20.6. The van der Waals surface area contributed by atoms with Gasteiger partial charge in [-0.05, 0) is 25.7 Å². The van der Waals surface area contributed by atoms with Gasteiger partial charge in [0.25, 0.3) is 0 Å². The highest BCUT2D eigenvalue weighted by Crippen LogP contribution is 2.38. The van der Waals surface area contributed by atoms with E-state index in [1.807, 2.05) is 0 Å². The average molecular weight is 1220 g/mol. The molecule has 21 atom stereocenters. The summed E-state index contributed by atoms with van der Waals surface area (Å²) < 4.78 is 183. The zero-order valence-corrected chi connectivity index (χ0v) is 45.5. The number of carboxylic acids is 2. The number of ether oxygens (including phenoxy) is 8. The highest BCUT2D eigenvalue weighted by atomic mass is 32.3. The number of carbonyl (C=O) groups excluding carboxylic acids is 1. The predicted molar refractivity (Wildman–Crippen MR) is 254 cm³/mol. The van der Waals surface area contributed by atoms with Gasteiger partial charge >= 0.3 is 54.4 Å². The van der Waals surface area contributed by atoms with E-state index < -0.39 is 184 Å². The third-order valence-corrected chi connectivity index (χ3v) is 14.8. The highest BCUT2D eigenvalue weighted by Gasteiger charge is 2.59. The second kappa shape index (κ2) is 30.9. The Hall–Kier alpha value is -2.23. The first kappa shape index (κ1) is 68.3. The first-order valence-electron chi connectivity index (χ1n) is 24.8. The molecule has 4 saturated heterocycles. The van der Waals surface area contributed by atoms with Crippen molar-refractivity contribution in [3.05, 3.63) is 0 Å². The summed E-state index contributed by atoms with van der Waals surface area (Å²) >= 11 is -3.16. The number of hydrogen-bond donors (Lipinski definition) is 12. The van der Waals surface area contributed by atoms with Crippen LogP contribution in [0.5, 0.6) is 0 Å². The van der Waals surface area contributed by atoms with Crippen molar-refractivity contribution in [2.24, 2.45) is 5.92 Å². The number of carbonyl (C=O) groups is 3. The molecule has 0 bridgehead atoms. The molecular formula is C41H71NO32S4. The molecule has 4 fully saturated rings. The first-order valence-corrected chi connectivity index (χ1v) is 30.0. The highest BCUT2D eigenvalue weighted by molar-refractivity contribution is 7.83. The molecule has 0 amide bonds. The lowest BCUT2D eigenvalue weighted by Crippen LogP contribution is -2.69. The Morgan fingerprint density at radius 3 is 1.54 bits per heavy atom. The normalized spacial score (nSPS) is 36.5. The van der Waals surface area contributed by atoms with Crippen LogP contribution in [0.4, 0.5) is 0 Å². The van der Waals surface area contributed by atoms with Gasteiger partial charge in [0.05, 0.1) is 18.8 Å². The second-order valence-corrected chi connectivity index (χ2v) is 22.8. The molecule has 12 N–H and O–H groups in total. The van der Waals surface area contributed by atoms with E-state index in [4.69, 9.17) is 42.1 Å². The third-order valence-electron chi connectivity index (χ3n) is 13.0. The van der Waals surface area contributed by atoms with E-state index in [2.05, 4.69) is 15.3 Å². The topological polar surface area (TPSA) is 507 Å². The Labute approximate surface area is 451 Å². The summed E-state index contributed by atoms with van der Waals surface area (Å²) in [4.78, 5) is 37.6. The summed E-state index contributed by atoms with van der Waals surface area (Å²) in [5, 5.41) is 76.5. The molecule has 0 aromatic heterocycles. The minimum atomic E-state index is -5.76. The fourth-order valence-electron chi connectivity index (χ4n) is 9.07. The lowest BCUT2D eigenvalue weighted by atomic mass is 9.91. The summed E-state index contributed by atoms with van der Waals surface area (Å²) in [6.07, 6.45) is -31.5. The Morgan fingerprint density at radius 2 is 1.04 bits per heavy atom. The molecule has 4 aliphatic heterocycles. The molecule has 0 aromatic carbocycles. The molecular weight excluding hydrogens is 1150 g/mol. The largest absolute Gasteiger partial charge is 0.479 e. The fourth-order valence-corrected chi connectivity index (χ4v) is 10.9. The number of unbranched alkanes of at least 4 members (excludes halogenated alkanes) is 8. The van der Waals surface area contributed by atoms with Crippen LogP contribution in [0.25, 0.3) is 0 Å². The summed E-state index contributed by atoms with van der Waals surface area (Å²) in [6.45, 7) is 3.25. The standard InChI is InChI=1S/C41H71NO32S4/c1-4-6-7-9-12-15-20(43)16-13-10-8-11-14-17-64-40-32(73-77(58,59)60)27(47)30(34(71-40)36(49)50)69-38-19(3)24(44)29(22(67-38)18-65-75(53)54)68-41-33(74-78(61,62)63)28(48)31(35(72-41)37(51)52)70-39-23(42-76(55,56)57)26(46)25(45)21(5-2)66-39/h19,21-35,38-42,44-48H,4-18H2,1-3H3,(H,49,50)(H,51,52)(H,53,54)(H,55,56,57)(H,58,59,60)(H,61,62,63). The van der Waals surface area contributed by atoms with Gasteiger partial charge < -0.3 is 73.6 Å². The van der Waals surface area contributed by atoms with E-state index in [0.29, 0.717) is 38.5 Å². The Kier molecular flexibility index (Phi) is 27.0. The lowest BCUT2D eigenvalue weighted by Gasteiger charge is -2.49. The molecule has 21 unspecified atom stereocenters. The maximum Gasteiger partial charge on any atom is 0.397 e. The molecule has 37 heteroatoms. The van der Waals surface area contributed by atoms with Crippen molar-refractivity contribution in [1.29, 1.82) is 0 Å². The van der Waals surface area contributed by atoms with Crippen LogP contribution in [0.15, 0.2) is 0 Å². The summed E-state index contributed by atoms with van der Waals surface area (Å²) in [7, 11) is -16.5. The van der Waals surface area contributed by atoms with Crippen molar-refractivity contribution in [2.45, 2.75) is 221 Å². The number of aliphatic carboxylic acids is 2. The van der Waals surface area contributed by atoms with Gasteiger partial charge in [0, 0.05) is 25.4 Å². The van der Waals surface area contributed by atoms with E-state index in [-0.39, 0.29) is 25.2 Å². The van der Waals surface area contributed by atoms with Gasteiger partial charge in [-0.2, -0.15) is 34.2 Å². The van der Waals surface area contributed by atoms with Crippen molar-refractivity contribution in [3.8, 4) is 0 Å². The summed E-state index contributed by atoms with van der Waals surface area (Å²) in [6, 6.07) is -2.18. The van der Waals surface area contributed by atoms with Crippen molar-refractivity contribution in [3.63, 3.8) is 0 Å². The van der Waals surface area contributed by atoms with Crippen molar-refractivity contribution < 1.29 is 148 Å². The van der Waals surface area contributed by atoms with E-state index in [9.17, 15) is 97.8 Å². The smallest absolute Gasteiger partial charge is 0.397 e. The Balaban J connectivity index is 1.54. The maximum atomic E-state index is 12.7. The van der Waals surface area contributed by atoms with Gasteiger partial charge in [0.15, 0.2) is 49.6 Å². The van der Waals surface area contributed by atoms with E-state index in [0.717, 1.165) is 39.0 Å². The van der Waals surface area contributed by atoms with Crippen LogP contribution in [-0.2, 0) is 107 Å². The minimum Gasteiger partial charge on any atom is -0.479 e. The quantitative estimate of drug-likeness (QED) is 0.0186. The number of aliphatic hydroxyl groups is 5. The predicted octanol–water partition coefficient (Wildman–Crippen LogP) is -2.36. The van der Waals surface area contributed by atoms with Gasteiger partial charge in [0.2, 0.25) is 0 Å². The van der Waals surface area contributed by atoms with Crippen LogP contribution in [-0.4, -0.2) is 231 Å². The van der Waals surface area contributed by atoms with Crippen LogP contribution in [0.1, 0.15) is 104 Å². The Bertz CT molecular complexity index is 2280. The van der Waals surface area contributed by atoms with Gasteiger partial charge in [-0.3, -0.25) is 27.2 Å². The average Bonchev–Trinajstić information content (AvgIpc) is 3.34. The van der Waals surface area contributed by atoms with Gasteiger partial charge in [-0.25, -0.2) is 18.0 Å². The van der Waals surface area contributed by atoms with Gasteiger partial charge in [-0.15, -0.1) is 0 Å². The summed E-state index contributed by atoms with van der Waals surface area (Å²) in [5.74, 6) is -5.35. The number of hydrogen-bond acceptors (Lipinski definition) is 26. The van der Waals surface area contributed by atoms with Crippen LogP contribution in [0.2, 0.25) is 0 Å². The van der Waals surface area contributed by atoms with Crippen molar-refractivity contribution in [1.82, 2.24) is 4.72 Å². The van der Waals surface area contributed by atoms with Crippen molar-refractivity contribution in [2.75, 3.05) is 13.2 Å². The SMILES string of the molecule is CCCCCCCC(=O)CCCCCCCOC1OC(C(=O)O)C(OC2OC(COS(=O)O)C(OC3OC(C(=O)O)C(OC4OC(CC)C(O)C(O)C4NS(=O)(=O)O)C(O)C3OS(=O)(=O)O)C(O)C2C)C(O)C1OS(=O)(=O)O. The molecule has 456 valence electrons. The lowest BCUT2D eigenvalue weighted by molar-refractivity contribution is -0.372. The molecule has 33 nitrogen and oxygen atoms in total. The zero-order chi connectivity index (χ0) is 58.4. The molecule has 0 aromatic rings.